The van der Waals surface area contributed by atoms with Crippen LogP contribution in [0, 0.1) is 0 Å². The minimum Gasteiger partial charge on any atom is -0.497 e. The molecule has 0 fully saturated rings. The number of oxazole rings is 1. The number of ether oxygens (including phenoxy) is 2. The number of Topliss-reactive ketones (excluding diaryl/α,β-unsaturated/α-hetero) is 1. The second kappa shape index (κ2) is 12.4. The summed E-state index contributed by atoms with van der Waals surface area (Å²) in [5, 5.41) is 2.73. The maximum atomic E-state index is 13.7. The van der Waals surface area contributed by atoms with Gasteiger partial charge in [0.15, 0.2) is 5.58 Å². The molecule has 2 aromatic heterocycles. The number of ketones is 1. The fraction of sp³-hybridized carbons (Fsp3) is 0.161. The van der Waals surface area contributed by atoms with Crippen LogP contribution in [0.3, 0.4) is 0 Å². The Bertz CT molecular complexity index is 1880. The quantitative estimate of drug-likeness (QED) is 0.185. The zero-order chi connectivity index (χ0) is 30.5. The molecule has 2 heterocycles. The van der Waals surface area contributed by atoms with Gasteiger partial charge in [0.05, 0.1) is 26.0 Å². The highest BCUT2D eigenvalue weighted by atomic mass is 16.5. The fourth-order valence-corrected chi connectivity index (χ4v) is 4.52. The lowest BCUT2D eigenvalue weighted by molar-refractivity contribution is -0.122. The summed E-state index contributed by atoms with van der Waals surface area (Å²) in [5.74, 6) is -1.33. The van der Waals surface area contributed by atoms with Crippen molar-refractivity contribution in [1.82, 2.24) is 19.9 Å². The van der Waals surface area contributed by atoms with Crippen LogP contribution >= 0.6 is 0 Å². The molecular weight excluding hydrogens is 554 g/mol. The number of anilines is 1. The first-order valence-corrected chi connectivity index (χ1v) is 13.1. The van der Waals surface area contributed by atoms with Crippen molar-refractivity contribution >= 4 is 34.4 Å². The standard InChI is InChI=1S/C31H27N5O7/c1-41-21-10-6-9-19(14-21)28-33-16-22(32)30(39)36(28)17-26(37)34-24(13-18-7-4-3-5-8-18)27(38)29-35-23-15-20(31(40)42-2)11-12-25(23)43-29/h3-12,14-16,24H,13,17,32H2,1-2H3,(H,34,37)/t24-/m0/s1. The topological polar surface area (TPSA) is 169 Å². The average molecular weight is 582 g/mol. The number of hydrogen-bond acceptors (Lipinski definition) is 10. The molecule has 3 aromatic carbocycles. The second-order valence-electron chi connectivity index (χ2n) is 9.53. The van der Waals surface area contributed by atoms with Gasteiger partial charge in [-0.15, -0.1) is 0 Å². The molecule has 0 aliphatic heterocycles. The van der Waals surface area contributed by atoms with Crippen LogP contribution in [0.1, 0.15) is 26.6 Å². The molecule has 5 aromatic rings. The Morgan fingerprint density at radius 3 is 2.56 bits per heavy atom. The van der Waals surface area contributed by atoms with E-state index >= 15 is 0 Å². The predicted octanol–water partition coefficient (Wildman–Crippen LogP) is 3.04. The first-order valence-electron chi connectivity index (χ1n) is 13.1. The van der Waals surface area contributed by atoms with Crippen molar-refractivity contribution in [2.45, 2.75) is 19.0 Å². The molecule has 0 spiro atoms. The molecule has 3 N–H and O–H groups in total. The fourth-order valence-electron chi connectivity index (χ4n) is 4.52. The first-order chi connectivity index (χ1) is 20.8. The Morgan fingerprint density at radius 1 is 1.02 bits per heavy atom. The third-order valence-electron chi connectivity index (χ3n) is 6.66. The van der Waals surface area contributed by atoms with E-state index in [0.717, 1.165) is 10.1 Å². The van der Waals surface area contributed by atoms with Crippen molar-refractivity contribution in [2.24, 2.45) is 0 Å². The SMILES string of the molecule is COC(=O)c1ccc2oc(C(=O)[C@H](Cc3ccccc3)NC(=O)Cn3c(-c4cccc(OC)c4)ncc(N)c3=O)nc2c1. The number of nitrogens with two attached hydrogens (primary N) is 1. The normalized spacial score (nSPS) is 11.6. The van der Waals surface area contributed by atoms with Crippen LogP contribution in [0.15, 0.2) is 88.2 Å². The van der Waals surface area contributed by atoms with E-state index in [1.54, 1.807) is 24.3 Å². The van der Waals surface area contributed by atoms with Crippen molar-refractivity contribution in [2.75, 3.05) is 20.0 Å². The Balaban J connectivity index is 1.46. The largest absolute Gasteiger partial charge is 0.497 e. The smallest absolute Gasteiger partial charge is 0.337 e. The summed E-state index contributed by atoms with van der Waals surface area (Å²) in [5.41, 5.74) is 7.17. The lowest BCUT2D eigenvalue weighted by atomic mass is 10.0. The van der Waals surface area contributed by atoms with E-state index < -0.39 is 35.8 Å². The van der Waals surface area contributed by atoms with Gasteiger partial charge in [0.2, 0.25) is 11.7 Å². The Morgan fingerprint density at radius 2 is 1.81 bits per heavy atom. The maximum Gasteiger partial charge on any atom is 0.337 e. The van der Waals surface area contributed by atoms with Crippen molar-refractivity contribution in [3.05, 3.63) is 106 Å². The minimum absolute atomic E-state index is 0.115. The van der Waals surface area contributed by atoms with Crippen LogP contribution in [-0.2, 0) is 22.5 Å². The molecule has 0 aliphatic carbocycles. The monoisotopic (exact) mass is 581 g/mol. The van der Waals surface area contributed by atoms with Gasteiger partial charge in [-0.2, -0.15) is 0 Å². The van der Waals surface area contributed by atoms with Gasteiger partial charge >= 0.3 is 5.97 Å². The molecule has 0 bridgehead atoms. The molecule has 1 amide bonds. The number of aromatic nitrogens is 3. The molecule has 218 valence electrons. The molecule has 0 saturated heterocycles. The van der Waals surface area contributed by atoms with Crippen LogP contribution in [0.25, 0.3) is 22.5 Å². The van der Waals surface area contributed by atoms with Crippen LogP contribution in [-0.4, -0.2) is 52.5 Å². The number of methoxy groups -OCH3 is 2. The number of nitrogen functional groups attached to an aromatic ring is 1. The number of benzene rings is 3. The summed E-state index contributed by atoms with van der Waals surface area (Å²) in [6.07, 6.45) is 1.34. The second-order valence-corrected chi connectivity index (χ2v) is 9.53. The van der Waals surface area contributed by atoms with Crippen LogP contribution in [0.4, 0.5) is 5.69 Å². The van der Waals surface area contributed by atoms with Gasteiger partial charge in [0.25, 0.3) is 11.4 Å². The highest BCUT2D eigenvalue weighted by Crippen LogP contribution is 2.22. The van der Waals surface area contributed by atoms with Crippen molar-refractivity contribution in [1.29, 1.82) is 0 Å². The third kappa shape index (κ3) is 6.27. The van der Waals surface area contributed by atoms with E-state index in [0.29, 0.717) is 11.3 Å². The average Bonchev–Trinajstić information content (AvgIpc) is 3.46. The van der Waals surface area contributed by atoms with E-state index in [1.807, 2.05) is 30.3 Å². The predicted molar refractivity (Wildman–Crippen MR) is 157 cm³/mol. The Kier molecular flexibility index (Phi) is 8.28. The van der Waals surface area contributed by atoms with E-state index in [2.05, 4.69) is 15.3 Å². The van der Waals surface area contributed by atoms with Crippen molar-refractivity contribution in [3.8, 4) is 17.1 Å². The number of esters is 1. The van der Waals surface area contributed by atoms with Gasteiger partial charge in [-0.3, -0.25) is 19.0 Å². The van der Waals surface area contributed by atoms with E-state index in [1.165, 1.54) is 38.6 Å². The molecule has 1 atom stereocenters. The number of carbonyl (C=O) groups excluding carboxylic acids is 3. The lowest BCUT2D eigenvalue weighted by Crippen LogP contribution is -2.45. The summed E-state index contributed by atoms with van der Waals surface area (Å²) in [6.45, 7) is -0.474. The molecule has 0 radical (unpaired) electrons. The van der Waals surface area contributed by atoms with Gasteiger partial charge in [0.1, 0.15) is 35.4 Å². The highest BCUT2D eigenvalue weighted by Gasteiger charge is 2.28. The minimum atomic E-state index is -1.10. The Labute approximate surface area is 245 Å². The molecular formula is C31H27N5O7. The molecule has 0 saturated carbocycles. The van der Waals surface area contributed by atoms with Gasteiger partial charge in [-0.1, -0.05) is 42.5 Å². The third-order valence-corrected chi connectivity index (χ3v) is 6.66. The van der Waals surface area contributed by atoms with Crippen LogP contribution in [0.5, 0.6) is 5.75 Å². The number of amides is 1. The van der Waals surface area contributed by atoms with E-state index in [-0.39, 0.29) is 40.5 Å². The number of hydrogen-bond donors (Lipinski definition) is 2. The number of fused-ring (bicyclic) bond motifs is 1. The highest BCUT2D eigenvalue weighted by molar-refractivity contribution is 6.01. The maximum absolute atomic E-state index is 13.7. The van der Waals surface area contributed by atoms with E-state index in [4.69, 9.17) is 19.6 Å². The molecule has 43 heavy (non-hydrogen) atoms. The summed E-state index contributed by atoms with van der Waals surface area (Å²) in [6, 6.07) is 19.3. The van der Waals surface area contributed by atoms with E-state index in [9.17, 15) is 19.2 Å². The zero-order valence-electron chi connectivity index (χ0n) is 23.3. The molecule has 0 aliphatic rings. The molecule has 12 nitrogen and oxygen atoms in total. The van der Waals surface area contributed by atoms with Gasteiger partial charge in [-0.25, -0.2) is 14.8 Å². The molecule has 12 heteroatoms. The van der Waals surface area contributed by atoms with Crippen molar-refractivity contribution in [3.63, 3.8) is 0 Å². The number of carbonyl (C=O) groups is 3. The number of rotatable bonds is 10. The number of nitrogens with one attached hydrogen (secondary N) is 1. The Hall–Kier alpha value is -5.78. The number of nitrogens with zero attached hydrogens (tertiary/aromatic N) is 3. The molecule has 5 rings (SSSR count). The summed E-state index contributed by atoms with van der Waals surface area (Å²) >= 11 is 0. The van der Waals surface area contributed by atoms with Gasteiger partial charge < -0.3 is 24.9 Å². The summed E-state index contributed by atoms with van der Waals surface area (Å²) in [4.78, 5) is 60.7. The summed E-state index contributed by atoms with van der Waals surface area (Å²) < 4.78 is 16.9. The first kappa shape index (κ1) is 28.7. The van der Waals surface area contributed by atoms with Gasteiger partial charge in [0, 0.05) is 12.0 Å². The zero-order valence-corrected chi connectivity index (χ0v) is 23.3. The van der Waals surface area contributed by atoms with Gasteiger partial charge in [-0.05, 0) is 35.9 Å². The lowest BCUT2D eigenvalue weighted by Gasteiger charge is -2.18. The molecule has 0 unspecified atom stereocenters. The van der Waals surface area contributed by atoms with Crippen LogP contribution < -0.4 is 21.3 Å². The van der Waals surface area contributed by atoms with Crippen molar-refractivity contribution < 1.29 is 28.3 Å². The van der Waals surface area contributed by atoms with Crippen LogP contribution in [0.2, 0.25) is 0 Å². The summed E-state index contributed by atoms with van der Waals surface area (Å²) in [7, 11) is 2.77.